The number of piperazine rings is 1. The van der Waals surface area contributed by atoms with E-state index in [4.69, 9.17) is 15.2 Å². The molecule has 0 aliphatic carbocycles. The number of rotatable bonds is 4. The lowest BCUT2D eigenvalue weighted by Gasteiger charge is -2.34. The molecule has 3 N–H and O–H groups in total. The third-order valence-electron chi connectivity index (χ3n) is 5.16. The summed E-state index contributed by atoms with van der Waals surface area (Å²) in [4.78, 5) is 25.5. The van der Waals surface area contributed by atoms with E-state index >= 15 is 0 Å². The van der Waals surface area contributed by atoms with Crippen molar-refractivity contribution in [1.82, 2.24) is 14.9 Å². The molecule has 1 fully saturated rings. The Hall–Kier alpha value is -3.27. The number of aromatic nitrogens is 2. The van der Waals surface area contributed by atoms with Crippen molar-refractivity contribution < 1.29 is 14.3 Å². The predicted molar refractivity (Wildman–Crippen MR) is 124 cm³/mol. The Morgan fingerprint density at radius 1 is 1.03 bits per heavy atom. The minimum atomic E-state index is -0.127. The molecule has 0 atom stereocenters. The van der Waals surface area contributed by atoms with Crippen LogP contribution in [0.1, 0.15) is 0 Å². The molecule has 0 bridgehead atoms. The number of halogens is 1. The molecule has 0 saturated carbocycles. The van der Waals surface area contributed by atoms with E-state index in [1.807, 2.05) is 29.2 Å². The molecule has 2 aromatic carbocycles. The average Bonchev–Trinajstić information content (AvgIpc) is 2.79. The van der Waals surface area contributed by atoms with Gasteiger partial charge < -0.3 is 30.3 Å². The number of nitrogens with zero attached hydrogens (tertiary/aromatic N) is 4. The molecule has 9 nitrogen and oxygen atoms in total. The first-order valence-electron chi connectivity index (χ1n) is 9.74. The Morgan fingerprint density at radius 2 is 1.68 bits per heavy atom. The monoisotopic (exact) mass is 486 g/mol. The molecule has 1 aliphatic heterocycles. The standard InChI is InChI=1S/C21H23BrN6O3/c1-30-17-11-15-16(12-18(17)31-2)25-20(26-19(15)23)27-7-9-28(10-8-27)21(29)24-14-5-3-13(22)4-6-14/h3-6,11-12H,7-10H2,1-2H3,(H,24,29)(H2,23,25,26). The summed E-state index contributed by atoms with van der Waals surface area (Å²) in [5.41, 5.74) is 7.63. The summed E-state index contributed by atoms with van der Waals surface area (Å²) in [7, 11) is 3.15. The highest BCUT2D eigenvalue weighted by Crippen LogP contribution is 2.34. The predicted octanol–water partition coefficient (Wildman–Crippen LogP) is 3.35. The average molecular weight is 487 g/mol. The van der Waals surface area contributed by atoms with Crippen molar-refractivity contribution in [3.05, 3.63) is 40.9 Å². The number of carbonyl (C=O) groups is 1. The minimum Gasteiger partial charge on any atom is -0.493 e. The number of anilines is 3. The second-order valence-corrected chi connectivity index (χ2v) is 7.96. The van der Waals surface area contributed by atoms with E-state index in [-0.39, 0.29) is 6.03 Å². The molecule has 31 heavy (non-hydrogen) atoms. The van der Waals surface area contributed by atoms with Crippen LogP contribution in [0.4, 0.5) is 22.2 Å². The van der Waals surface area contributed by atoms with E-state index in [0.717, 1.165) is 10.2 Å². The van der Waals surface area contributed by atoms with Crippen molar-refractivity contribution in [3.63, 3.8) is 0 Å². The van der Waals surface area contributed by atoms with Gasteiger partial charge in [0.2, 0.25) is 5.95 Å². The van der Waals surface area contributed by atoms with Gasteiger partial charge in [-0.25, -0.2) is 9.78 Å². The van der Waals surface area contributed by atoms with Crippen molar-refractivity contribution in [2.75, 3.05) is 56.3 Å². The van der Waals surface area contributed by atoms with E-state index in [1.165, 1.54) is 0 Å². The summed E-state index contributed by atoms with van der Waals surface area (Å²) in [5.74, 6) is 2.05. The molecule has 2 heterocycles. The first-order valence-corrected chi connectivity index (χ1v) is 10.5. The van der Waals surface area contributed by atoms with Gasteiger partial charge >= 0.3 is 6.03 Å². The quantitative estimate of drug-likeness (QED) is 0.582. The molecule has 0 radical (unpaired) electrons. The van der Waals surface area contributed by atoms with E-state index in [2.05, 4.69) is 31.2 Å². The van der Waals surface area contributed by atoms with Crippen LogP contribution in [0.25, 0.3) is 10.9 Å². The second-order valence-electron chi connectivity index (χ2n) is 7.04. The number of fused-ring (bicyclic) bond motifs is 1. The Labute approximate surface area is 188 Å². The Bertz CT molecular complexity index is 1100. The maximum atomic E-state index is 12.6. The van der Waals surface area contributed by atoms with Crippen molar-refractivity contribution in [1.29, 1.82) is 0 Å². The van der Waals surface area contributed by atoms with E-state index < -0.39 is 0 Å². The summed E-state index contributed by atoms with van der Waals surface area (Å²) in [6, 6.07) is 10.9. The van der Waals surface area contributed by atoms with Crippen LogP contribution in [0.2, 0.25) is 0 Å². The zero-order chi connectivity index (χ0) is 22.0. The van der Waals surface area contributed by atoms with Crippen molar-refractivity contribution in [2.45, 2.75) is 0 Å². The van der Waals surface area contributed by atoms with Crippen molar-refractivity contribution in [3.8, 4) is 11.5 Å². The highest BCUT2D eigenvalue weighted by Gasteiger charge is 2.24. The topological polar surface area (TPSA) is 106 Å². The number of urea groups is 1. The molecule has 2 amide bonds. The van der Waals surface area contributed by atoms with Crippen molar-refractivity contribution >= 4 is 50.3 Å². The molecule has 162 valence electrons. The maximum Gasteiger partial charge on any atom is 0.321 e. The summed E-state index contributed by atoms with van der Waals surface area (Å²) in [6.07, 6.45) is 0. The first kappa shape index (κ1) is 21.0. The van der Waals surface area contributed by atoms with Crippen LogP contribution in [0, 0.1) is 0 Å². The lowest BCUT2D eigenvalue weighted by atomic mass is 10.2. The number of hydrogen-bond acceptors (Lipinski definition) is 7. The zero-order valence-electron chi connectivity index (χ0n) is 17.3. The molecule has 1 aliphatic rings. The van der Waals surface area contributed by atoms with Gasteiger partial charge in [0, 0.05) is 47.8 Å². The van der Waals surface area contributed by atoms with Crippen LogP contribution in [0.3, 0.4) is 0 Å². The molecule has 0 spiro atoms. The Morgan fingerprint density at radius 3 is 2.32 bits per heavy atom. The lowest BCUT2D eigenvalue weighted by molar-refractivity contribution is 0.208. The van der Waals surface area contributed by atoms with Crippen molar-refractivity contribution in [2.24, 2.45) is 0 Å². The third kappa shape index (κ3) is 4.43. The second kappa shape index (κ2) is 8.84. The van der Waals surface area contributed by atoms with Crippen LogP contribution < -0.4 is 25.4 Å². The van der Waals surface area contributed by atoms with Crippen LogP contribution in [-0.2, 0) is 0 Å². The molecule has 4 rings (SSSR count). The van der Waals surface area contributed by atoms with Gasteiger partial charge in [0.15, 0.2) is 11.5 Å². The Balaban J connectivity index is 1.46. The highest BCUT2D eigenvalue weighted by molar-refractivity contribution is 9.10. The normalized spacial score (nSPS) is 13.9. The maximum absolute atomic E-state index is 12.6. The molecule has 0 unspecified atom stereocenters. The highest BCUT2D eigenvalue weighted by atomic mass is 79.9. The number of nitrogen functional groups attached to an aromatic ring is 1. The molecular formula is C21H23BrN6O3. The SMILES string of the molecule is COc1cc2nc(N3CCN(C(=O)Nc4ccc(Br)cc4)CC3)nc(N)c2cc1OC. The van der Waals surface area contributed by atoms with Gasteiger partial charge in [0.1, 0.15) is 5.82 Å². The number of methoxy groups -OCH3 is 2. The number of nitrogens with one attached hydrogen (secondary N) is 1. The number of hydrogen-bond donors (Lipinski definition) is 2. The number of amides is 2. The van der Waals surface area contributed by atoms with Gasteiger partial charge in [-0.1, -0.05) is 15.9 Å². The Kier molecular flexibility index (Phi) is 5.99. The zero-order valence-corrected chi connectivity index (χ0v) is 18.8. The van der Waals surface area contributed by atoms with E-state index in [0.29, 0.717) is 60.3 Å². The number of carbonyl (C=O) groups excluding carboxylic acids is 1. The van der Waals surface area contributed by atoms with Crippen LogP contribution in [-0.4, -0.2) is 61.3 Å². The lowest BCUT2D eigenvalue weighted by Crippen LogP contribution is -2.50. The summed E-state index contributed by atoms with van der Waals surface area (Å²) in [5, 5.41) is 3.62. The van der Waals surface area contributed by atoms with Gasteiger partial charge in [-0.3, -0.25) is 0 Å². The largest absolute Gasteiger partial charge is 0.493 e. The molecule has 1 aromatic heterocycles. The van der Waals surface area contributed by atoms with E-state index in [1.54, 1.807) is 31.3 Å². The minimum absolute atomic E-state index is 0.127. The van der Waals surface area contributed by atoms with Gasteiger partial charge in [-0.05, 0) is 30.3 Å². The number of nitrogens with two attached hydrogens (primary N) is 1. The van der Waals surface area contributed by atoms with Gasteiger partial charge in [-0.2, -0.15) is 4.98 Å². The molecular weight excluding hydrogens is 464 g/mol. The van der Waals surface area contributed by atoms with Gasteiger partial charge in [0.25, 0.3) is 0 Å². The molecule has 10 heteroatoms. The van der Waals surface area contributed by atoms with Gasteiger partial charge in [-0.15, -0.1) is 0 Å². The fraction of sp³-hybridized carbons (Fsp3) is 0.286. The van der Waals surface area contributed by atoms with E-state index in [9.17, 15) is 4.79 Å². The smallest absolute Gasteiger partial charge is 0.321 e. The number of ether oxygens (including phenoxy) is 2. The molecule has 1 saturated heterocycles. The van der Waals surface area contributed by atoms with Crippen LogP contribution >= 0.6 is 15.9 Å². The fourth-order valence-electron chi connectivity index (χ4n) is 3.45. The number of benzene rings is 2. The van der Waals surface area contributed by atoms with Gasteiger partial charge in [0.05, 0.1) is 19.7 Å². The molecule has 3 aromatic rings. The third-order valence-corrected chi connectivity index (χ3v) is 5.69. The van der Waals surface area contributed by atoms with Crippen LogP contribution in [0.5, 0.6) is 11.5 Å². The summed E-state index contributed by atoms with van der Waals surface area (Å²) >= 11 is 3.39. The summed E-state index contributed by atoms with van der Waals surface area (Å²) in [6.45, 7) is 2.31. The fourth-order valence-corrected chi connectivity index (χ4v) is 3.72. The van der Waals surface area contributed by atoms with Crippen LogP contribution in [0.15, 0.2) is 40.9 Å². The summed E-state index contributed by atoms with van der Waals surface area (Å²) < 4.78 is 11.7. The first-order chi connectivity index (χ1) is 15.0.